The maximum absolute atomic E-state index is 13.2. The summed E-state index contributed by atoms with van der Waals surface area (Å²) in [6, 6.07) is 15.4. The molecule has 2 aliphatic rings. The van der Waals surface area contributed by atoms with Crippen molar-refractivity contribution in [2.24, 2.45) is 11.8 Å². The Morgan fingerprint density at radius 3 is 2.37 bits per heavy atom. The van der Waals surface area contributed by atoms with E-state index in [0.29, 0.717) is 22.5 Å². The second kappa shape index (κ2) is 10.4. The van der Waals surface area contributed by atoms with E-state index in [4.69, 9.17) is 11.6 Å². The number of benzene rings is 2. The molecule has 3 aromatic rings. The first kappa shape index (κ1) is 23.8. The van der Waals surface area contributed by atoms with Gasteiger partial charge in [0.05, 0.1) is 10.9 Å². The Morgan fingerprint density at radius 1 is 0.943 bits per heavy atom. The van der Waals surface area contributed by atoms with E-state index >= 15 is 0 Å². The molecular formula is C27H31ClN4O3. The zero-order chi connectivity index (χ0) is 24.4. The number of aromatic amines is 1. The summed E-state index contributed by atoms with van der Waals surface area (Å²) in [5, 5.41) is 0.889. The van der Waals surface area contributed by atoms with E-state index < -0.39 is 5.69 Å². The number of hydrogen-bond acceptors (Lipinski definition) is 4. The number of fused-ring (bicyclic) bond motifs is 1. The molecule has 1 N–H and O–H groups in total. The van der Waals surface area contributed by atoms with Crippen LogP contribution in [0.25, 0.3) is 10.9 Å². The summed E-state index contributed by atoms with van der Waals surface area (Å²) in [7, 11) is 0. The van der Waals surface area contributed by atoms with E-state index in [2.05, 4.69) is 34.1 Å². The van der Waals surface area contributed by atoms with Crippen LogP contribution in [-0.4, -0.2) is 51.4 Å². The lowest BCUT2D eigenvalue weighted by Gasteiger charge is -2.38. The number of rotatable bonds is 5. The van der Waals surface area contributed by atoms with E-state index in [0.717, 1.165) is 58.4 Å². The average Bonchev–Trinajstić information content (AvgIpc) is 2.88. The Balaban J connectivity index is 1.14. The Hall–Kier alpha value is -2.90. The minimum atomic E-state index is -0.392. The highest BCUT2D eigenvalue weighted by Crippen LogP contribution is 2.31. The third-order valence-corrected chi connectivity index (χ3v) is 7.75. The van der Waals surface area contributed by atoms with Gasteiger partial charge in [-0.15, -0.1) is 0 Å². The molecule has 1 saturated heterocycles. The summed E-state index contributed by atoms with van der Waals surface area (Å²) in [4.78, 5) is 45.8. The third kappa shape index (κ3) is 5.36. The fourth-order valence-corrected chi connectivity index (χ4v) is 5.64. The zero-order valence-corrected chi connectivity index (χ0v) is 20.5. The topological polar surface area (TPSA) is 78.4 Å². The lowest BCUT2D eigenvalue weighted by Crippen LogP contribution is -2.50. The Bertz CT molecular complexity index is 1300. The van der Waals surface area contributed by atoms with Crippen molar-refractivity contribution >= 4 is 28.4 Å². The van der Waals surface area contributed by atoms with Crippen LogP contribution in [0.1, 0.15) is 31.2 Å². The first-order valence-corrected chi connectivity index (χ1v) is 12.8. The maximum Gasteiger partial charge on any atom is 0.328 e. The van der Waals surface area contributed by atoms with Gasteiger partial charge in [0.1, 0.15) is 0 Å². The number of H-pyrrole nitrogens is 1. The van der Waals surface area contributed by atoms with Crippen molar-refractivity contribution in [1.29, 1.82) is 0 Å². The Kier molecular flexibility index (Phi) is 7.07. The molecule has 8 heteroatoms. The molecular weight excluding hydrogens is 464 g/mol. The van der Waals surface area contributed by atoms with Crippen LogP contribution in [0.2, 0.25) is 5.02 Å². The number of nitrogens with one attached hydrogen (secondary N) is 1. The molecule has 7 nitrogen and oxygen atoms in total. The predicted octanol–water partition coefficient (Wildman–Crippen LogP) is 3.49. The van der Waals surface area contributed by atoms with E-state index in [1.54, 1.807) is 18.2 Å². The van der Waals surface area contributed by atoms with Gasteiger partial charge < -0.3 is 9.88 Å². The SMILES string of the molecule is O=c1[nH]c2ccc(Cl)cc2c(=O)n1C[C@H]1CC[C@H](C(=O)N2CCN(Cc3ccccc3)CC2)CC1. The number of aromatic nitrogens is 2. The maximum atomic E-state index is 13.2. The van der Waals surface area contributed by atoms with Gasteiger partial charge in [-0.1, -0.05) is 41.9 Å². The summed E-state index contributed by atoms with van der Waals surface area (Å²) in [6.07, 6.45) is 3.28. The van der Waals surface area contributed by atoms with Crippen molar-refractivity contribution in [2.45, 2.75) is 38.8 Å². The molecule has 0 radical (unpaired) electrons. The van der Waals surface area contributed by atoms with Crippen LogP contribution in [0.3, 0.4) is 0 Å². The van der Waals surface area contributed by atoms with Crippen LogP contribution < -0.4 is 11.2 Å². The van der Waals surface area contributed by atoms with Gasteiger partial charge in [0, 0.05) is 50.2 Å². The quantitative estimate of drug-likeness (QED) is 0.589. The van der Waals surface area contributed by atoms with Crippen LogP contribution in [0, 0.1) is 11.8 Å². The second-order valence-electron chi connectivity index (χ2n) is 9.84. The van der Waals surface area contributed by atoms with Crippen molar-refractivity contribution < 1.29 is 4.79 Å². The highest BCUT2D eigenvalue weighted by atomic mass is 35.5. The monoisotopic (exact) mass is 494 g/mol. The molecule has 1 aliphatic heterocycles. The molecule has 2 heterocycles. The number of carbonyl (C=O) groups is 1. The summed E-state index contributed by atoms with van der Waals surface area (Å²) in [5.74, 6) is 0.507. The number of hydrogen-bond donors (Lipinski definition) is 1. The van der Waals surface area contributed by atoms with Crippen LogP contribution >= 0.6 is 11.6 Å². The van der Waals surface area contributed by atoms with Crippen LogP contribution in [0.5, 0.6) is 0 Å². The number of halogens is 1. The van der Waals surface area contributed by atoms with Crippen molar-refractivity contribution in [1.82, 2.24) is 19.4 Å². The van der Waals surface area contributed by atoms with E-state index in [1.165, 1.54) is 10.1 Å². The fraction of sp³-hybridized carbons (Fsp3) is 0.444. The minimum absolute atomic E-state index is 0.0392. The molecule has 0 atom stereocenters. The molecule has 1 saturated carbocycles. The number of piperazine rings is 1. The normalized spacial score (nSPS) is 21.3. The smallest absolute Gasteiger partial charge is 0.328 e. The highest BCUT2D eigenvalue weighted by Gasteiger charge is 2.31. The molecule has 1 amide bonds. The third-order valence-electron chi connectivity index (χ3n) is 7.51. The lowest BCUT2D eigenvalue weighted by atomic mass is 9.81. The average molecular weight is 495 g/mol. The summed E-state index contributed by atoms with van der Waals surface area (Å²) < 4.78 is 1.29. The minimum Gasteiger partial charge on any atom is -0.340 e. The Morgan fingerprint density at radius 2 is 1.66 bits per heavy atom. The molecule has 2 fully saturated rings. The molecule has 35 heavy (non-hydrogen) atoms. The molecule has 5 rings (SSSR count). The van der Waals surface area contributed by atoms with Crippen molar-refractivity contribution in [3.8, 4) is 0 Å². The zero-order valence-electron chi connectivity index (χ0n) is 19.8. The van der Waals surface area contributed by atoms with Gasteiger partial charge in [-0.2, -0.15) is 0 Å². The number of carbonyl (C=O) groups excluding carboxylic acids is 1. The molecule has 0 spiro atoms. The lowest BCUT2D eigenvalue weighted by molar-refractivity contribution is -0.138. The van der Waals surface area contributed by atoms with Gasteiger partial charge in [0.15, 0.2) is 0 Å². The van der Waals surface area contributed by atoms with Gasteiger partial charge in [0.2, 0.25) is 5.91 Å². The van der Waals surface area contributed by atoms with Crippen molar-refractivity contribution in [3.05, 3.63) is 80.0 Å². The molecule has 1 aromatic heterocycles. The van der Waals surface area contributed by atoms with E-state index in [9.17, 15) is 14.4 Å². The Labute approximate surface area is 209 Å². The molecule has 0 unspecified atom stereocenters. The fourth-order valence-electron chi connectivity index (χ4n) is 5.46. The van der Waals surface area contributed by atoms with Crippen LogP contribution in [0.4, 0.5) is 0 Å². The first-order chi connectivity index (χ1) is 17.0. The highest BCUT2D eigenvalue weighted by molar-refractivity contribution is 6.31. The molecule has 2 aromatic carbocycles. The van der Waals surface area contributed by atoms with Gasteiger partial charge in [-0.05, 0) is 55.4 Å². The second-order valence-corrected chi connectivity index (χ2v) is 10.3. The van der Waals surface area contributed by atoms with Gasteiger partial charge >= 0.3 is 5.69 Å². The largest absolute Gasteiger partial charge is 0.340 e. The summed E-state index contributed by atoms with van der Waals surface area (Å²) in [6.45, 7) is 4.64. The summed E-state index contributed by atoms with van der Waals surface area (Å²) >= 11 is 6.05. The predicted molar refractivity (Wildman–Crippen MR) is 138 cm³/mol. The van der Waals surface area contributed by atoms with E-state index in [1.807, 2.05) is 11.0 Å². The van der Waals surface area contributed by atoms with Gasteiger partial charge in [-0.3, -0.25) is 19.1 Å². The number of nitrogens with zero attached hydrogens (tertiary/aromatic N) is 3. The molecule has 0 bridgehead atoms. The molecule has 1 aliphatic carbocycles. The van der Waals surface area contributed by atoms with Crippen molar-refractivity contribution in [2.75, 3.05) is 26.2 Å². The van der Waals surface area contributed by atoms with E-state index in [-0.39, 0.29) is 23.3 Å². The van der Waals surface area contributed by atoms with Crippen LogP contribution in [-0.2, 0) is 17.9 Å². The number of amides is 1. The first-order valence-electron chi connectivity index (χ1n) is 12.5. The van der Waals surface area contributed by atoms with Gasteiger partial charge in [0.25, 0.3) is 5.56 Å². The standard InChI is InChI=1S/C27H31ClN4O3/c28-22-10-11-24-23(16-22)26(34)32(27(35)29-24)18-20-6-8-21(9-7-20)25(33)31-14-12-30(13-15-31)17-19-4-2-1-3-5-19/h1-5,10-11,16,20-21H,6-9,12-15,17-18H2,(H,29,35)/t20-,21-. The van der Waals surface area contributed by atoms with Gasteiger partial charge in [-0.25, -0.2) is 4.79 Å². The van der Waals surface area contributed by atoms with Crippen molar-refractivity contribution in [3.63, 3.8) is 0 Å². The van der Waals surface area contributed by atoms with Crippen LogP contribution in [0.15, 0.2) is 58.1 Å². The molecule has 184 valence electrons. The summed E-state index contributed by atoms with van der Waals surface area (Å²) in [5.41, 5.74) is 1.10.